The van der Waals surface area contributed by atoms with Gasteiger partial charge in [-0.1, -0.05) is 35.4 Å². The number of methoxy groups -OCH3 is 1. The minimum Gasteiger partial charge on any atom is -0.465 e. The minimum absolute atomic E-state index is 0.292. The van der Waals surface area contributed by atoms with Gasteiger partial charge in [0.05, 0.1) is 28.8 Å². The molecule has 2 aromatic carbocycles. The van der Waals surface area contributed by atoms with E-state index in [0.717, 1.165) is 26.6 Å². The highest BCUT2D eigenvalue weighted by Gasteiger charge is 2.18. The molecule has 5 nitrogen and oxygen atoms in total. The average Bonchev–Trinajstić information content (AvgIpc) is 3.15. The second-order valence-corrected chi connectivity index (χ2v) is 7.68. The van der Waals surface area contributed by atoms with E-state index in [1.165, 1.54) is 18.4 Å². The second kappa shape index (κ2) is 7.22. The number of esters is 1. The number of nitrogens with zero attached hydrogens (tertiary/aromatic N) is 1. The van der Waals surface area contributed by atoms with Crippen molar-refractivity contribution in [2.24, 2.45) is 0 Å². The minimum atomic E-state index is -0.513. The van der Waals surface area contributed by atoms with Crippen LogP contribution in [0.25, 0.3) is 21.0 Å². The molecule has 2 aromatic heterocycles. The molecule has 4 rings (SSSR count). The van der Waals surface area contributed by atoms with Crippen molar-refractivity contribution < 1.29 is 14.3 Å². The lowest BCUT2D eigenvalue weighted by Gasteiger charge is -2.08. The maximum absolute atomic E-state index is 12.8. The van der Waals surface area contributed by atoms with Gasteiger partial charge in [0.2, 0.25) is 0 Å². The monoisotopic (exact) mass is 410 g/mol. The first-order valence-corrected chi connectivity index (χ1v) is 9.65. The number of nitrogens with one attached hydrogen (secondary N) is 1. The largest absolute Gasteiger partial charge is 0.465 e. The topological polar surface area (TPSA) is 68.3 Å². The Labute approximate surface area is 169 Å². The molecule has 7 heteroatoms. The lowest BCUT2D eigenvalue weighted by molar-refractivity contribution is 0.0602. The van der Waals surface area contributed by atoms with Crippen molar-refractivity contribution in [2.75, 3.05) is 12.4 Å². The molecule has 0 atom stereocenters. The first-order chi connectivity index (χ1) is 13.5. The first-order valence-electron chi connectivity index (χ1n) is 8.46. The predicted octanol–water partition coefficient (Wildman–Crippen LogP) is 5.45. The van der Waals surface area contributed by atoms with Crippen molar-refractivity contribution in [3.63, 3.8) is 0 Å². The van der Waals surface area contributed by atoms with Crippen LogP contribution >= 0.6 is 22.9 Å². The number of aromatic nitrogens is 1. The molecule has 28 heavy (non-hydrogen) atoms. The van der Waals surface area contributed by atoms with Crippen molar-refractivity contribution >= 4 is 61.5 Å². The molecule has 1 N–H and O–H groups in total. The maximum Gasteiger partial charge on any atom is 0.339 e. The molecule has 4 aromatic rings. The number of ether oxygens (including phenoxy) is 1. The number of para-hydroxylation sites is 1. The highest BCUT2D eigenvalue weighted by atomic mass is 35.5. The molecule has 0 spiro atoms. The predicted molar refractivity (Wildman–Crippen MR) is 113 cm³/mol. The van der Waals surface area contributed by atoms with Crippen molar-refractivity contribution in [2.45, 2.75) is 6.92 Å². The lowest BCUT2D eigenvalue weighted by Crippen LogP contribution is -2.14. The third kappa shape index (κ3) is 3.21. The fourth-order valence-corrected chi connectivity index (χ4v) is 4.39. The van der Waals surface area contributed by atoms with Crippen LogP contribution in [0, 0.1) is 6.92 Å². The Morgan fingerprint density at radius 3 is 2.68 bits per heavy atom. The summed E-state index contributed by atoms with van der Waals surface area (Å²) in [5.41, 5.74) is 2.57. The highest BCUT2D eigenvalue weighted by Crippen LogP contribution is 2.36. The zero-order chi connectivity index (χ0) is 19.8. The molecule has 0 fully saturated rings. The number of rotatable bonds is 3. The van der Waals surface area contributed by atoms with Crippen LogP contribution in [0.3, 0.4) is 0 Å². The molecule has 0 saturated heterocycles. The van der Waals surface area contributed by atoms with E-state index in [2.05, 4.69) is 10.3 Å². The van der Waals surface area contributed by atoms with Crippen molar-refractivity contribution in [3.8, 4) is 0 Å². The molecule has 0 aliphatic rings. The molecule has 0 unspecified atom stereocenters. The molecule has 0 bridgehead atoms. The van der Waals surface area contributed by atoms with E-state index < -0.39 is 5.97 Å². The number of fused-ring (bicyclic) bond motifs is 3. The zero-order valence-corrected chi connectivity index (χ0v) is 16.6. The van der Waals surface area contributed by atoms with Crippen LogP contribution in [-0.2, 0) is 4.74 Å². The summed E-state index contributed by atoms with van der Waals surface area (Å²) in [7, 11) is 1.30. The van der Waals surface area contributed by atoms with Gasteiger partial charge in [-0.05, 0) is 37.3 Å². The maximum atomic E-state index is 12.8. The van der Waals surface area contributed by atoms with Gasteiger partial charge in [-0.15, -0.1) is 11.3 Å². The fraction of sp³-hybridized carbons (Fsp3) is 0.0952. The van der Waals surface area contributed by atoms with Gasteiger partial charge in [0.15, 0.2) is 0 Å². The molecular formula is C21H15ClN2O3S. The van der Waals surface area contributed by atoms with Gasteiger partial charge in [0.25, 0.3) is 5.91 Å². The number of aryl methyl sites for hydroxylation is 1. The smallest absolute Gasteiger partial charge is 0.339 e. The quantitative estimate of drug-likeness (QED) is 0.360. The number of hydrogen-bond acceptors (Lipinski definition) is 5. The molecule has 0 aliphatic carbocycles. The standard InChI is InChI=1S/C21H15ClN2O3S/c1-11-7-8-16-13(9-11)18-14(19(22)23-16)10-17(28-18)20(25)24-15-6-4-3-5-12(15)21(26)27-2/h3-10H,1-2H3,(H,24,25). The molecule has 0 saturated carbocycles. The van der Waals surface area contributed by atoms with Crippen molar-refractivity contribution in [1.82, 2.24) is 4.98 Å². The molecule has 1 amide bonds. The number of carbonyl (C=O) groups excluding carboxylic acids is 2. The van der Waals surface area contributed by atoms with Gasteiger partial charge in [0.1, 0.15) is 5.15 Å². The molecule has 140 valence electrons. The van der Waals surface area contributed by atoms with Gasteiger partial charge in [-0.2, -0.15) is 0 Å². The summed E-state index contributed by atoms with van der Waals surface area (Å²) in [6.07, 6.45) is 0. The average molecular weight is 411 g/mol. The molecule has 0 aliphatic heterocycles. The normalized spacial score (nSPS) is 11.0. The summed E-state index contributed by atoms with van der Waals surface area (Å²) in [5.74, 6) is -0.838. The number of anilines is 1. The number of thiophene rings is 1. The summed E-state index contributed by atoms with van der Waals surface area (Å²) >= 11 is 7.69. The summed E-state index contributed by atoms with van der Waals surface area (Å²) in [5, 5.41) is 4.84. The number of amides is 1. The van der Waals surface area contributed by atoms with Crippen LogP contribution in [-0.4, -0.2) is 24.0 Å². The second-order valence-electron chi connectivity index (χ2n) is 6.27. The Morgan fingerprint density at radius 2 is 1.89 bits per heavy atom. The third-order valence-corrected chi connectivity index (χ3v) is 5.83. The Balaban J connectivity index is 1.77. The fourth-order valence-electron chi connectivity index (χ4n) is 3.02. The Bertz CT molecular complexity index is 1250. The van der Waals surface area contributed by atoms with Crippen LogP contribution in [0.4, 0.5) is 5.69 Å². The van der Waals surface area contributed by atoms with E-state index in [0.29, 0.717) is 21.3 Å². The molecular weight excluding hydrogens is 396 g/mol. The number of carbonyl (C=O) groups is 2. The zero-order valence-electron chi connectivity index (χ0n) is 15.1. The van der Waals surface area contributed by atoms with Gasteiger partial charge >= 0.3 is 5.97 Å². The summed E-state index contributed by atoms with van der Waals surface area (Å²) < 4.78 is 5.68. The van der Waals surface area contributed by atoms with Gasteiger partial charge in [-0.3, -0.25) is 4.79 Å². The summed E-state index contributed by atoms with van der Waals surface area (Å²) in [6, 6.07) is 14.4. The van der Waals surface area contributed by atoms with E-state index >= 15 is 0 Å². The van der Waals surface area contributed by atoms with E-state index in [-0.39, 0.29) is 5.91 Å². The van der Waals surface area contributed by atoms with Crippen LogP contribution in [0.15, 0.2) is 48.5 Å². The van der Waals surface area contributed by atoms with Crippen LogP contribution < -0.4 is 5.32 Å². The Kier molecular flexibility index (Phi) is 4.75. The van der Waals surface area contributed by atoms with Gasteiger partial charge in [0, 0.05) is 15.5 Å². The first kappa shape index (κ1) is 18.4. The summed E-state index contributed by atoms with van der Waals surface area (Å²) in [4.78, 5) is 29.7. The number of pyridine rings is 1. The van der Waals surface area contributed by atoms with E-state index in [4.69, 9.17) is 16.3 Å². The van der Waals surface area contributed by atoms with Crippen LogP contribution in [0.5, 0.6) is 0 Å². The van der Waals surface area contributed by atoms with Gasteiger partial charge in [-0.25, -0.2) is 9.78 Å². The van der Waals surface area contributed by atoms with Crippen LogP contribution in [0.2, 0.25) is 5.15 Å². The van der Waals surface area contributed by atoms with E-state index in [1.54, 1.807) is 30.3 Å². The number of hydrogen-bond donors (Lipinski definition) is 1. The number of halogens is 1. The Hall–Kier alpha value is -2.96. The molecule has 2 heterocycles. The lowest BCUT2D eigenvalue weighted by atomic mass is 10.1. The highest BCUT2D eigenvalue weighted by molar-refractivity contribution is 7.22. The van der Waals surface area contributed by atoms with E-state index in [9.17, 15) is 9.59 Å². The van der Waals surface area contributed by atoms with Gasteiger partial charge < -0.3 is 10.1 Å². The molecule has 0 radical (unpaired) electrons. The SMILES string of the molecule is COC(=O)c1ccccc1NC(=O)c1cc2c(Cl)nc3ccc(C)cc3c2s1. The van der Waals surface area contributed by atoms with E-state index in [1.807, 2.05) is 25.1 Å². The summed E-state index contributed by atoms with van der Waals surface area (Å²) in [6.45, 7) is 2.00. The van der Waals surface area contributed by atoms with Crippen molar-refractivity contribution in [3.05, 3.63) is 69.7 Å². The van der Waals surface area contributed by atoms with Crippen LogP contribution in [0.1, 0.15) is 25.6 Å². The Morgan fingerprint density at radius 1 is 1.11 bits per heavy atom. The van der Waals surface area contributed by atoms with Crippen molar-refractivity contribution in [1.29, 1.82) is 0 Å². The third-order valence-electron chi connectivity index (χ3n) is 4.37. The number of benzene rings is 2.